The molecule has 1 aromatic carbocycles. The van der Waals surface area contributed by atoms with E-state index < -0.39 is 0 Å². The Hall–Kier alpha value is -1.68. The van der Waals surface area contributed by atoms with Gasteiger partial charge in [-0.3, -0.25) is 0 Å². The van der Waals surface area contributed by atoms with Gasteiger partial charge in [-0.05, 0) is 13.0 Å². The third kappa shape index (κ3) is 2.41. The Morgan fingerprint density at radius 3 is 2.87 bits per heavy atom. The lowest BCUT2D eigenvalue weighted by atomic mass is 9.98. The van der Waals surface area contributed by atoms with E-state index in [9.17, 15) is 0 Å². The molecule has 1 unspecified atom stereocenters. The molecule has 1 heteroatoms. The lowest BCUT2D eigenvalue weighted by Gasteiger charge is -2.15. The summed E-state index contributed by atoms with van der Waals surface area (Å²) in [5, 5.41) is 0. The van der Waals surface area contributed by atoms with Gasteiger partial charge in [0.15, 0.2) is 0 Å². The van der Waals surface area contributed by atoms with Crippen LogP contribution in [0.1, 0.15) is 30.9 Å². The zero-order chi connectivity index (χ0) is 11.3. The van der Waals surface area contributed by atoms with Crippen LogP contribution in [0.4, 0.5) is 0 Å². The van der Waals surface area contributed by atoms with E-state index in [2.05, 4.69) is 19.4 Å². The van der Waals surface area contributed by atoms with Crippen LogP contribution in [0, 0.1) is 12.3 Å². The highest BCUT2D eigenvalue weighted by Gasteiger charge is 2.11. The molecule has 0 N–H and O–H groups in total. The molecule has 0 aliphatic rings. The van der Waals surface area contributed by atoms with E-state index in [1.165, 1.54) is 0 Å². The Morgan fingerprint density at radius 2 is 2.33 bits per heavy atom. The third-order valence-electron chi connectivity index (χ3n) is 2.33. The SMILES string of the molecule is C#Cc1cccc(C(C)C=C)c1OCC. The molecule has 0 saturated heterocycles. The molecular formula is C14H16O. The summed E-state index contributed by atoms with van der Waals surface area (Å²) in [7, 11) is 0. The van der Waals surface area contributed by atoms with Crippen LogP contribution in [-0.2, 0) is 0 Å². The van der Waals surface area contributed by atoms with Gasteiger partial charge in [-0.2, -0.15) is 0 Å². The fraction of sp³-hybridized carbons (Fsp3) is 0.286. The van der Waals surface area contributed by atoms with Crippen molar-refractivity contribution in [3.63, 3.8) is 0 Å². The van der Waals surface area contributed by atoms with E-state index in [1.807, 2.05) is 31.2 Å². The molecular weight excluding hydrogens is 184 g/mol. The van der Waals surface area contributed by atoms with Gasteiger partial charge in [0, 0.05) is 11.5 Å². The highest BCUT2D eigenvalue weighted by molar-refractivity contribution is 5.51. The van der Waals surface area contributed by atoms with Gasteiger partial charge < -0.3 is 4.74 Å². The summed E-state index contributed by atoms with van der Waals surface area (Å²) in [5.74, 6) is 3.71. The van der Waals surface area contributed by atoms with E-state index >= 15 is 0 Å². The van der Waals surface area contributed by atoms with Crippen LogP contribution in [-0.4, -0.2) is 6.61 Å². The molecule has 1 nitrogen and oxygen atoms in total. The van der Waals surface area contributed by atoms with Gasteiger partial charge in [-0.1, -0.05) is 31.1 Å². The highest BCUT2D eigenvalue weighted by atomic mass is 16.5. The standard InChI is InChI=1S/C14H16O/c1-5-11(4)13-10-8-9-12(6-2)14(13)15-7-3/h2,5,8-11H,1,7H2,3-4H3. The largest absolute Gasteiger partial charge is 0.492 e. The summed E-state index contributed by atoms with van der Waals surface area (Å²) in [5.41, 5.74) is 1.91. The minimum atomic E-state index is 0.250. The average Bonchev–Trinajstić information content (AvgIpc) is 2.28. The van der Waals surface area contributed by atoms with E-state index in [1.54, 1.807) is 0 Å². The van der Waals surface area contributed by atoms with Crippen LogP contribution < -0.4 is 4.74 Å². The Morgan fingerprint density at radius 1 is 1.60 bits per heavy atom. The second kappa shape index (κ2) is 5.26. The van der Waals surface area contributed by atoms with Crippen molar-refractivity contribution in [3.8, 4) is 18.1 Å². The lowest BCUT2D eigenvalue weighted by molar-refractivity contribution is 0.335. The predicted octanol–water partition coefficient (Wildman–Crippen LogP) is 3.36. The molecule has 0 amide bonds. The second-order valence-electron chi connectivity index (χ2n) is 3.33. The smallest absolute Gasteiger partial charge is 0.138 e. The molecule has 0 heterocycles. The summed E-state index contributed by atoms with van der Waals surface area (Å²) in [4.78, 5) is 0. The van der Waals surface area contributed by atoms with Crippen LogP contribution in [0.2, 0.25) is 0 Å². The van der Waals surface area contributed by atoms with Crippen molar-refractivity contribution in [2.24, 2.45) is 0 Å². The molecule has 1 rings (SSSR count). The van der Waals surface area contributed by atoms with Crippen molar-refractivity contribution < 1.29 is 4.74 Å². The van der Waals surface area contributed by atoms with Crippen LogP contribution in [0.25, 0.3) is 0 Å². The fourth-order valence-electron chi connectivity index (χ4n) is 1.46. The van der Waals surface area contributed by atoms with Crippen LogP contribution in [0.3, 0.4) is 0 Å². The summed E-state index contributed by atoms with van der Waals surface area (Å²) in [6, 6.07) is 5.87. The molecule has 0 radical (unpaired) electrons. The molecule has 1 aromatic rings. The van der Waals surface area contributed by atoms with E-state index in [0.717, 1.165) is 16.9 Å². The average molecular weight is 200 g/mol. The van der Waals surface area contributed by atoms with Gasteiger partial charge in [0.2, 0.25) is 0 Å². The fourth-order valence-corrected chi connectivity index (χ4v) is 1.46. The number of hydrogen-bond donors (Lipinski definition) is 0. The predicted molar refractivity (Wildman–Crippen MR) is 64.2 cm³/mol. The van der Waals surface area contributed by atoms with Crippen molar-refractivity contribution in [2.75, 3.05) is 6.61 Å². The summed E-state index contributed by atoms with van der Waals surface area (Å²) in [6.45, 7) is 8.44. The summed E-state index contributed by atoms with van der Waals surface area (Å²) >= 11 is 0. The molecule has 0 saturated carbocycles. The first-order valence-electron chi connectivity index (χ1n) is 5.09. The number of ether oxygens (including phenoxy) is 1. The molecule has 0 fully saturated rings. The van der Waals surface area contributed by atoms with E-state index in [0.29, 0.717) is 6.61 Å². The lowest BCUT2D eigenvalue weighted by Crippen LogP contribution is -2.01. The first-order valence-corrected chi connectivity index (χ1v) is 5.09. The van der Waals surface area contributed by atoms with Crippen LogP contribution in [0.15, 0.2) is 30.9 Å². The quantitative estimate of drug-likeness (QED) is 0.535. The van der Waals surface area contributed by atoms with Crippen molar-refractivity contribution >= 4 is 0 Å². The molecule has 15 heavy (non-hydrogen) atoms. The molecule has 0 aromatic heterocycles. The maximum absolute atomic E-state index is 5.59. The number of terminal acetylenes is 1. The topological polar surface area (TPSA) is 9.23 Å². The van der Waals surface area contributed by atoms with Crippen molar-refractivity contribution in [1.29, 1.82) is 0 Å². The molecule has 0 bridgehead atoms. The van der Waals surface area contributed by atoms with E-state index in [4.69, 9.17) is 11.2 Å². The Kier molecular flexibility index (Phi) is 4.00. The Labute approximate surface area is 91.8 Å². The monoisotopic (exact) mass is 200 g/mol. The highest BCUT2D eigenvalue weighted by Crippen LogP contribution is 2.30. The van der Waals surface area contributed by atoms with Crippen molar-refractivity contribution in [2.45, 2.75) is 19.8 Å². The first-order chi connectivity index (χ1) is 7.24. The minimum Gasteiger partial charge on any atom is -0.492 e. The number of para-hydroxylation sites is 1. The number of rotatable bonds is 4. The maximum Gasteiger partial charge on any atom is 0.138 e. The molecule has 1 atom stereocenters. The molecule has 0 aliphatic heterocycles. The van der Waals surface area contributed by atoms with Crippen molar-refractivity contribution in [1.82, 2.24) is 0 Å². The Bertz CT molecular complexity index is 385. The summed E-state index contributed by atoms with van der Waals surface area (Å²) < 4.78 is 5.59. The zero-order valence-corrected chi connectivity index (χ0v) is 9.29. The van der Waals surface area contributed by atoms with Gasteiger partial charge in [-0.25, -0.2) is 0 Å². The third-order valence-corrected chi connectivity index (χ3v) is 2.33. The minimum absolute atomic E-state index is 0.250. The van der Waals surface area contributed by atoms with Gasteiger partial charge >= 0.3 is 0 Å². The molecule has 0 aliphatic carbocycles. The first kappa shape index (κ1) is 11.4. The van der Waals surface area contributed by atoms with Gasteiger partial charge in [-0.15, -0.1) is 13.0 Å². The van der Waals surface area contributed by atoms with Gasteiger partial charge in [0.25, 0.3) is 0 Å². The second-order valence-corrected chi connectivity index (χ2v) is 3.33. The van der Waals surface area contributed by atoms with E-state index in [-0.39, 0.29) is 5.92 Å². The number of allylic oxidation sites excluding steroid dienone is 1. The van der Waals surface area contributed by atoms with Crippen LogP contribution in [0.5, 0.6) is 5.75 Å². The normalized spacial score (nSPS) is 11.5. The number of hydrogen-bond acceptors (Lipinski definition) is 1. The Balaban J connectivity index is 3.25. The number of benzene rings is 1. The van der Waals surface area contributed by atoms with Gasteiger partial charge in [0.05, 0.1) is 12.2 Å². The molecule has 78 valence electrons. The summed E-state index contributed by atoms with van der Waals surface area (Å²) in [6.07, 6.45) is 7.32. The molecule has 0 spiro atoms. The maximum atomic E-state index is 5.59. The van der Waals surface area contributed by atoms with Crippen LogP contribution >= 0.6 is 0 Å². The van der Waals surface area contributed by atoms with Crippen molar-refractivity contribution in [3.05, 3.63) is 42.0 Å². The van der Waals surface area contributed by atoms with Gasteiger partial charge in [0.1, 0.15) is 5.75 Å². The zero-order valence-electron chi connectivity index (χ0n) is 9.29.